The van der Waals surface area contributed by atoms with E-state index < -0.39 is 0 Å². The van der Waals surface area contributed by atoms with Crippen LogP contribution in [-0.2, 0) is 0 Å². The van der Waals surface area contributed by atoms with Crippen molar-refractivity contribution < 1.29 is 9.47 Å². The van der Waals surface area contributed by atoms with Crippen LogP contribution in [0.5, 0.6) is 11.5 Å². The monoisotopic (exact) mass is 200 g/mol. The average Bonchev–Trinajstić information content (AvgIpc) is 2.27. The Labute approximate surface area is 88.8 Å². The first-order chi connectivity index (χ1) is 7.34. The maximum atomic E-state index is 5.90. The van der Waals surface area contributed by atoms with Gasteiger partial charge < -0.3 is 9.47 Å². The second-order valence-electron chi connectivity index (χ2n) is 3.84. The molecule has 2 heteroatoms. The molecule has 1 aromatic rings. The van der Waals surface area contributed by atoms with Gasteiger partial charge in [0, 0.05) is 0 Å². The number of rotatable bonds is 0. The summed E-state index contributed by atoms with van der Waals surface area (Å²) in [7, 11) is 0. The highest BCUT2D eigenvalue weighted by molar-refractivity contribution is 5.48. The van der Waals surface area contributed by atoms with Crippen molar-refractivity contribution in [3.8, 4) is 11.5 Å². The van der Waals surface area contributed by atoms with Crippen LogP contribution >= 0.6 is 0 Å². The molecule has 2 nitrogen and oxygen atoms in total. The number of hydrogen-bond acceptors (Lipinski definition) is 2. The Morgan fingerprint density at radius 3 is 2.53 bits per heavy atom. The number of aryl methyl sites for hydroxylation is 1. The first-order valence-electron chi connectivity index (χ1n) is 5.12. The molecule has 15 heavy (non-hydrogen) atoms. The summed E-state index contributed by atoms with van der Waals surface area (Å²) < 4.78 is 11.8. The molecule has 0 spiro atoms. The van der Waals surface area contributed by atoms with Crippen LogP contribution in [0.1, 0.15) is 5.56 Å². The fourth-order valence-corrected chi connectivity index (χ4v) is 1.93. The number of benzene rings is 1. The molecule has 0 saturated carbocycles. The van der Waals surface area contributed by atoms with E-state index in [4.69, 9.17) is 9.47 Å². The lowest BCUT2D eigenvalue weighted by Crippen LogP contribution is -2.38. The maximum Gasteiger partial charge on any atom is 0.165 e. The molecule has 0 N–H and O–H groups in total. The molecule has 0 amide bonds. The molecule has 2 aliphatic rings. The van der Waals surface area contributed by atoms with Crippen molar-refractivity contribution >= 4 is 0 Å². The van der Waals surface area contributed by atoms with Gasteiger partial charge in [-0.2, -0.15) is 0 Å². The van der Waals surface area contributed by atoms with Crippen molar-refractivity contribution in [1.29, 1.82) is 0 Å². The Morgan fingerprint density at radius 2 is 1.73 bits per heavy atom. The normalized spacial score (nSPS) is 26.2. The van der Waals surface area contributed by atoms with Crippen LogP contribution in [0.25, 0.3) is 0 Å². The smallest absolute Gasteiger partial charge is 0.165 e. The van der Waals surface area contributed by atoms with Crippen LogP contribution in [0.15, 0.2) is 42.5 Å². The molecule has 0 bridgehead atoms. The van der Waals surface area contributed by atoms with Gasteiger partial charge in [-0.05, 0) is 30.7 Å². The molecule has 0 fully saturated rings. The predicted molar refractivity (Wildman–Crippen MR) is 58.3 cm³/mol. The molecular weight excluding hydrogens is 188 g/mol. The summed E-state index contributed by atoms with van der Waals surface area (Å²) in [5.41, 5.74) is 1.12. The molecule has 0 aromatic heterocycles. The van der Waals surface area contributed by atoms with Crippen molar-refractivity contribution in [2.45, 2.75) is 19.1 Å². The first kappa shape index (κ1) is 8.60. The van der Waals surface area contributed by atoms with E-state index in [0.717, 1.165) is 17.1 Å². The minimum atomic E-state index is 0.0172. The zero-order valence-electron chi connectivity index (χ0n) is 8.51. The molecule has 2 unspecified atom stereocenters. The van der Waals surface area contributed by atoms with Gasteiger partial charge >= 0.3 is 0 Å². The number of allylic oxidation sites excluding steroid dienone is 2. The van der Waals surface area contributed by atoms with Gasteiger partial charge in [0.25, 0.3) is 0 Å². The number of para-hydroxylation sites is 1. The summed E-state index contributed by atoms with van der Waals surface area (Å²) in [5, 5.41) is 0. The fourth-order valence-electron chi connectivity index (χ4n) is 1.93. The van der Waals surface area contributed by atoms with Gasteiger partial charge in [0.1, 0.15) is 0 Å². The zero-order valence-corrected chi connectivity index (χ0v) is 8.51. The Kier molecular flexibility index (Phi) is 1.81. The number of fused-ring (bicyclic) bond motifs is 2. The molecule has 1 aromatic carbocycles. The van der Waals surface area contributed by atoms with Gasteiger partial charge in [-0.25, -0.2) is 0 Å². The summed E-state index contributed by atoms with van der Waals surface area (Å²) in [6.45, 7) is 2.03. The van der Waals surface area contributed by atoms with Crippen molar-refractivity contribution in [2.24, 2.45) is 0 Å². The van der Waals surface area contributed by atoms with E-state index in [0.29, 0.717) is 0 Å². The lowest BCUT2D eigenvalue weighted by Gasteiger charge is -2.32. The summed E-state index contributed by atoms with van der Waals surface area (Å²) >= 11 is 0. The summed E-state index contributed by atoms with van der Waals surface area (Å²) in [6.07, 6.45) is 8.07. The van der Waals surface area contributed by atoms with Crippen molar-refractivity contribution in [2.75, 3.05) is 0 Å². The first-order valence-corrected chi connectivity index (χ1v) is 5.12. The quantitative estimate of drug-likeness (QED) is 0.641. The van der Waals surface area contributed by atoms with Gasteiger partial charge in [-0.3, -0.25) is 0 Å². The van der Waals surface area contributed by atoms with E-state index in [-0.39, 0.29) is 12.2 Å². The van der Waals surface area contributed by atoms with Crippen molar-refractivity contribution in [3.05, 3.63) is 48.1 Å². The van der Waals surface area contributed by atoms with Crippen LogP contribution in [0.3, 0.4) is 0 Å². The molecule has 76 valence electrons. The Bertz CT molecular complexity index is 446. The largest absolute Gasteiger partial charge is 0.478 e. The van der Waals surface area contributed by atoms with Gasteiger partial charge in [0.05, 0.1) is 0 Å². The third kappa shape index (κ3) is 1.33. The number of ether oxygens (including phenoxy) is 2. The molecule has 0 radical (unpaired) electrons. The highest BCUT2D eigenvalue weighted by atomic mass is 16.6. The van der Waals surface area contributed by atoms with E-state index in [1.807, 2.05) is 49.4 Å². The summed E-state index contributed by atoms with van der Waals surface area (Å²) in [6, 6.07) is 5.97. The lowest BCUT2D eigenvalue weighted by molar-refractivity contribution is 0.0748. The van der Waals surface area contributed by atoms with Crippen LogP contribution in [0.4, 0.5) is 0 Å². The minimum absolute atomic E-state index is 0.0172. The second kappa shape index (κ2) is 3.16. The van der Waals surface area contributed by atoms with Crippen LogP contribution in [-0.4, -0.2) is 12.2 Å². The molecule has 1 heterocycles. The standard InChI is InChI=1S/C13H12O2/c1-9-5-4-8-12-13(9)15-11-7-3-2-6-10(11)14-12/h2-8,10-11H,1H3. The molecule has 0 saturated heterocycles. The third-order valence-corrected chi connectivity index (χ3v) is 2.73. The molecule has 2 atom stereocenters. The van der Waals surface area contributed by atoms with Crippen molar-refractivity contribution in [3.63, 3.8) is 0 Å². The minimum Gasteiger partial charge on any atom is -0.478 e. The summed E-state index contributed by atoms with van der Waals surface area (Å²) in [4.78, 5) is 0. The van der Waals surface area contributed by atoms with E-state index in [2.05, 4.69) is 0 Å². The third-order valence-electron chi connectivity index (χ3n) is 2.73. The van der Waals surface area contributed by atoms with Crippen LogP contribution in [0, 0.1) is 6.92 Å². The Balaban J connectivity index is 2.04. The average molecular weight is 200 g/mol. The Hall–Kier alpha value is -1.70. The van der Waals surface area contributed by atoms with E-state index in [1.165, 1.54) is 0 Å². The van der Waals surface area contributed by atoms with Crippen molar-refractivity contribution in [1.82, 2.24) is 0 Å². The van der Waals surface area contributed by atoms with Gasteiger partial charge in [0.2, 0.25) is 0 Å². The van der Waals surface area contributed by atoms with Gasteiger partial charge in [-0.15, -0.1) is 0 Å². The van der Waals surface area contributed by atoms with E-state index >= 15 is 0 Å². The fraction of sp³-hybridized carbons (Fsp3) is 0.231. The van der Waals surface area contributed by atoms with Crippen LogP contribution < -0.4 is 9.47 Å². The molecule has 1 aliphatic heterocycles. The predicted octanol–water partition coefficient (Wildman–Crippen LogP) is 2.63. The van der Waals surface area contributed by atoms with E-state index in [9.17, 15) is 0 Å². The SMILES string of the molecule is Cc1cccc2c1OC1C=CC=CC1O2. The highest BCUT2D eigenvalue weighted by Crippen LogP contribution is 2.37. The van der Waals surface area contributed by atoms with Gasteiger partial charge in [0.15, 0.2) is 23.7 Å². The van der Waals surface area contributed by atoms with Crippen LogP contribution in [0.2, 0.25) is 0 Å². The van der Waals surface area contributed by atoms with Gasteiger partial charge in [-0.1, -0.05) is 24.3 Å². The molecule has 1 aliphatic carbocycles. The lowest BCUT2D eigenvalue weighted by atomic mass is 10.1. The maximum absolute atomic E-state index is 5.90. The summed E-state index contributed by atoms with van der Waals surface area (Å²) in [5.74, 6) is 1.72. The second-order valence-corrected chi connectivity index (χ2v) is 3.84. The number of hydrogen-bond donors (Lipinski definition) is 0. The Morgan fingerprint density at radius 1 is 1.00 bits per heavy atom. The highest BCUT2D eigenvalue weighted by Gasteiger charge is 2.29. The molecule has 3 rings (SSSR count). The molecular formula is C13H12O2. The topological polar surface area (TPSA) is 18.5 Å². The van der Waals surface area contributed by atoms with E-state index in [1.54, 1.807) is 0 Å². The zero-order chi connectivity index (χ0) is 10.3.